The van der Waals surface area contributed by atoms with Crippen molar-refractivity contribution in [2.75, 3.05) is 17.6 Å². The average Bonchev–Trinajstić information content (AvgIpc) is 2.48. The van der Waals surface area contributed by atoms with Crippen LogP contribution in [0.3, 0.4) is 0 Å². The highest BCUT2D eigenvalue weighted by Gasteiger charge is 2.10. The fourth-order valence-corrected chi connectivity index (χ4v) is 3.33. The lowest BCUT2D eigenvalue weighted by Crippen LogP contribution is -2.15. The molecule has 0 aliphatic heterocycles. The molecule has 2 nitrogen and oxygen atoms in total. The second-order valence-corrected chi connectivity index (χ2v) is 6.38. The van der Waals surface area contributed by atoms with Crippen LogP contribution in [0.5, 0.6) is 0 Å². The van der Waals surface area contributed by atoms with E-state index < -0.39 is 0 Å². The fourth-order valence-electron chi connectivity index (χ4n) is 2.19. The molecule has 2 aromatic carbocycles. The van der Waals surface area contributed by atoms with Crippen molar-refractivity contribution in [3.05, 3.63) is 59.7 Å². The average molecular weight is 316 g/mol. The van der Waals surface area contributed by atoms with E-state index in [2.05, 4.69) is 42.6 Å². The number of hydrogen-bond acceptors (Lipinski definition) is 3. The summed E-state index contributed by atoms with van der Waals surface area (Å²) in [6.07, 6.45) is 0.975. The Morgan fingerprint density at radius 2 is 1.90 bits per heavy atom. The maximum Gasteiger partial charge on any atom is 0.107 e. The monoisotopic (exact) mass is 316 g/mol. The van der Waals surface area contributed by atoms with E-state index in [1.807, 2.05) is 18.2 Å². The molecule has 0 aliphatic rings. The van der Waals surface area contributed by atoms with E-state index in [9.17, 15) is 0 Å². The quantitative estimate of drug-likeness (QED) is 0.596. The van der Waals surface area contributed by atoms with Crippen molar-refractivity contribution in [2.45, 2.75) is 18.2 Å². The number of hydrogen-bond donors (Lipinski definition) is 2. The summed E-state index contributed by atoms with van der Waals surface area (Å²) in [6.45, 7) is 2.99. The number of rotatable bonds is 7. The molecular weight excluding hydrogens is 296 g/mol. The third kappa shape index (κ3) is 4.48. The topological polar surface area (TPSA) is 38.0 Å². The molecule has 0 unspecified atom stereocenters. The normalized spacial score (nSPS) is 10.3. The molecule has 3 N–H and O–H groups in total. The van der Waals surface area contributed by atoms with Crippen molar-refractivity contribution in [1.82, 2.24) is 0 Å². The predicted molar refractivity (Wildman–Crippen MR) is 97.4 cm³/mol. The van der Waals surface area contributed by atoms with Gasteiger partial charge in [-0.3, -0.25) is 0 Å². The summed E-state index contributed by atoms with van der Waals surface area (Å²) in [5, 5.41) is 3.46. The summed E-state index contributed by atoms with van der Waals surface area (Å²) in [7, 11) is 0. The maximum atomic E-state index is 5.91. The van der Waals surface area contributed by atoms with Gasteiger partial charge in [-0.25, -0.2) is 0 Å². The number of nitrogens with two attached hydrogens (primary N) is 1. The molecule has 2 aromatic rings. The third-order valence-electron chi connectivity index (χ3n) is 3.14. The molecule has 4 heteroatoms. The van der Waals surface area contributed by atoms with Crippen molar-refractivity contribution in [2.24, 2.45) is 5.73 Å². The molecule has 110 valence electrons. The molecule has 0 aromatic heterocycles. The van der Waals surface area contributed by atoms with Crippen LogP contribution in [-0.4, -0.2) is 17.3 Å². The van der Waals surface area contributed by atoms with Gasteiger partial charge in [0, 0.05) is 22.7 Å². The van der Waals surface area contributed by atoms with Crippen LogP contribution in [0.4, 0.5) is 5.69 Å². The van der Waals surface area contributed by atoms with Gasteiger partial charge in [-0.15, -0.1) is 11.8 Å². The number of anilines is 1. The summed E-state index contributed by atoms with van der Waals surface area (Å²) in [5.41, 5.74) is 9.22. The smallest absolute Gasteiger partial charge is 0.107 e. The standard InChI is InChI=1S/C17H20N2S2/c1-2-21-15-10-6-9-14(16(15)17(18)20)19-12-11-13-7-4-3-5-8-13/h3-10,19H,2,11-12H2,1H3,(H2,18,20). The lowest BCUT2D eigenvalue weighted by molar-refractivity contribution is 1.02. The van der Waals surface area contributed by atoms with Crippen LogP contribution in [-0.2, 0) is 6.42 Å². The van der Waals surface area contributed by atoms with Gasteiger partial charge < -0.3 is 11.1 Å². The highest BCUT2D eigenvalue weighted by atomic mass is 32.2. The van der Waals surface area contributed by atoms with Gasteiger partial charge >= 0.3 is 0 Å². The Kier molecular flexibility index (Phi) is 6.08. The van der Waals surface area contributed by atoms with E-state index in [1.54, 1.807) is 11.8 Å². The Bertz CT molecular complexity index is 597. The molecule has 0 heterocycles. The second-order valence-electron chi connectivity index (χ2n) is 4.64. The van der Waals surface area contributed by atoms with Crippen molar-refractivity contribution in [3.8, 4) is 0 Å². The van der Waals surface area contributed by atoms with Gasteiger partial charge in [0.25, 0.3) is 0 Å². The number of thioether (sulfide) groups is 1. The Hall–Kier alpha value is -1.52. The molecule has 0 amide bonds. The number of nitrogens with one attached hydrogen (secondary N) is 1. The molecule has 0 saturated heterocycles. The first-order valence-electron chi connectivity index (χ1n) is 7.05. The minimum absolute atomic E-state index is 0.453. The van der Waals surface area contributed by atoms with Crippen LogP contribution in [0.15, 0.2) is 53.4 Å². The largest absolute Gasteiger partial charge is 0.389 e. The highest BCUT2D eigenvalue weighted by Crippen LogP contribution is 2.28. The van der Waals surface area contributed by atoms with Gasteiger partial charge in [-0.2, -0.15) is 0 Å². The molecule has 0 spiro atoms. The second kappa shape index (κ2) is 8.05. The molecule has 21 heavy (non-hydrogen) atoms. The zero-order chi connectivity index (χ0) is 15.1. The SMILES string of the molecule is CCSc1cccc(NCCc2ccccc2)c1C(N)=S. The molecular formula is C17H20N2S2. The van der Waals surface area contributed by atoms with Crippen LogP contribution in [0.25, 0.3) is 0 Å². The molecule has 0 aliphatic carbocycles. The summed E-state index contributed by atoms with van der Waals surface area (Å²) in [4.78, 5) is 1.60. The van der Waals surface area contributed by atoms with Gasteiger partial charge in [0.15, 0.2) is 0 Å². The third-order valence-corrected chi connectivity index (χ3v) is 4.29. The minimum atomic E-state index is 0.453. The summed E-state index contributed by atoms with van der Waals surface area (Å²) in [5.74, 6) is 1.00. The lowest BCUT2D eigenvalue weighted by atomic mass is 10.1. The Balaban J connectivity index is 2.08. The number of thiocarbonyl (C=S) groups is 1. The summed E-state index contributed by atoms with van der Waals surface area (Å²) < 4.78 is 0. The van der Waals surface area contributed by atoms with Crippen molar-refractivity contribution >= 4 is 34.7 Å². The van der Waals surface area contributed by atoms with Gasteiger partial charge in [-0.05, 0) is 29.9 Å². The maximum absolute atomic E-state index is 5.91. The van der Waals surface area contributed by atoms with Crippen LogP contribution in [0.1, 0.15) is 18.1 Å². The van der Waals surface area contributed by atoms with Crippen LogP contribution in [0, 0.1) is 0 Å². The van der Waals surface area contributed by atoms with Crippen molar-refractivity contribution in [3.63, 3.8) is 0 Å². The molecule has 2 rings (SSSR count). The summed E-state index contributed by atoms with van der Waals surface area (Å²) >= 11 is 6.99. The van der Waals surface area contributed by atoms with E-state index in [0.717, 1.165) is 34.9 Å². The molecule has 0 bridgehead atoms. The zero-order valence-corrected chi connectivity index (χ0v) is 13.8. The minimum Gasteiger partial charge on any atom is -0.389 e. The van der Waals surface area contributed by atoms with Crippen LogP contribution >= 0.6 is 24.0 Å². The van der Waals surface area contributed by atoms with E-state index in [4.69, 9.17) is 18.0 Å². The van der Waals surface area contributed by atoms with Crippen molar-refractivity contribution < 1.29 is 0 Å². The van der Waals surface area contributed by atoms with Crippen molar-refractivity contribution in [1.29, 1.82) is 0 Å². The van der Waals surface area contributed by atoms with Gasteiger partial charge in [0.05, 0.1) is 0 Å². The van der Waals surface area contributed by atoms with Crippen LogP contribution in [0.2, 0.25) is 0 Å². The molecule has 0 atom stereocenters. The zero-order valence-electron chi connectivity index (χ0n) is 12.1. The first kappa shape index (κ1) is 15.9. The van der Waals surface area contributed by atoms with E-state index in [0.29, 0.717) is 4.99 Å². The van der Waals surface area contributed by atoms with Gasteiger partial charge in [-0.1, -0.05) is 55.5 Å². The summed E-state index contributed by atoms with van der Waals surface area (Å²) in [6, 6.07) is 16.6. The van der Waals surface area contributed by atoms with Gasteiger partial charge in [0.1, 0.15) is 4.99 Å². The van der Waals surface area contributed by atoms with Crippen LogP contribution < -0.4 is 11.1 Å². The Morgan fingerprint density at radius 3 is 2.57 bits per heavy atom. The van der Waals surface area contributed by atoms with E-state index in [1.165, 1.54) is 5.56 Å². The molecule has 0 saturated carbocycles. The Labute approximate surface area is 136 Å². The molecule has 0 fully saturated rings. The highest BCUT2D eigenvalue weighted by molar-refractivity contribution is 7.99. The van der Waals surface area contributed by atoms with Gasteiger partial charge in [0.2, 0.25) is 0 Å². The van der Waals surface area contributed by atoms with E-state index in [-0.39, 0.29) is 0 Å². The molecule has 0 radical (unpaired) electrons. The number of benzene rings is 2. The van der Waals surface area contributed by atoms with E-state index >= 15 is 0 Å². The lowest BCUT2D eigenvalue weighted by Gasteiger charge is -2.14. The predicted octanol–water partition coefficient (Wildman–Crippen LogP) is 4.09. The Morgan fingerprint density at radius 1 is 1.14 bits per heavy atom. The first-order chi connectivity index (χ1) is 10.2. The first-order valence-corrected chi connectivity index (χ1v) is 8.45. The fraction of sp³-hybridized carbons (Fsp3) is 0.235.